The summed E-state index contributed by atoms with van der Waals surface area (Å²) in [4.78, 5) is 26.8. The van der Waals surface area contributed by atoms with E-state index in [-0.39, 0.29) is 24.0 Å². The monoisotopic (exact) mass is 331 g/mol. The van der Waals surface area contributed by atoms with Crippen LogP contribution in [0.2, 0.25) is 0 Å². The summed E-state index contributed by atoms with van der Waals surface area (Å²) in [5, 5.41) is 0. The van der Waals surface area contributed by atoms with E-state index in [2.05, 4.69) is 0 Å². The molecule has 1 amide bonds. The fourth-order valence-corrected chi connectivity index (χ4v) is 3.67. The van der Waals surface area contributed by atoms with Gasteiger partial charge in [-0.05, 0) is 20.8 Å². The van der Waals surface area contributed by atoms with Gasteiger partial charge in [0, 0.05) is 12.6 Å². The van der Waals surface area contributed by atoms with Crippen LogP contribution < -0.4 is 0 Å². The molecule has 0 spiro atoms. The SMILES string of the molecule is CCOC(=O)C1=C(OCC)OC2(c3ccccc3)N(C)C(=O)C12C. The summed E-state index contributed by atoms with van der Waals surface area (Å²) >= 11 is 0. The number of hydrogen-bond acceptors (Lipinski definition) is 5. The fraction of sp³-hybridized carbons (Fsp3) is 0.444. The third-order valence-corrected chi connectivity index (χ3v) is 4.75. The Hall–Kier alpha value is -2.50. The second kappa shape index (κ2) is 5.54. The van der Waals surface area contributed by atoms with Crippen molar-refractivity contribution in [1.82, 2.24) is 4.90 Å². The third kappa shape index (κ3) is 1.76. The molecule has 2 unspecified atom stereocenters. The Morgan fingerprint density at radius 2 is 1.88 bits per heavy atom. The highest BCUT2D eigenvalue weighted by atomic mass is 16.7. The van der Waals surface area contributed by atoms with Gasteiger partial charge in [-0.25, -0.2) is 4.79 Å². The second-order valence-electron chi connectivity index (χ2n) is 5.92. The van der Waals surface area contributed by atoms with E-state index in [1.165, 1.54) is 4.90 Å². The average Bonchev–Trinajstić information content (AvgIpc) is 2.83. The van der Waals surface area contributed by atoms with Crippen LogP contribution >= 0.6 is 0 Å². The fourth-order valence-electron chi connectivity index (χ4n) is 3.67. The van der Waals surface area contributed by atoms with Crippen molar-refractivity contribution in [3.8, 4) is 0 Å². The first-order valence-corrected chi connectivity index (χ1v) is 8.02. The number of hydrogen-bond donors (Lipinski definition) is 0. The van der Waals surface area contributed by atoms with E-state index >= 15 is 0 Å². The highest BCUT2D eigenvalue weighted by Gasteiger charge is 2.78. The lowest BCUT2D eigenvalue weighted by atomic mass is 9.63. The van der Waals surface area contributed by atoms with Crippen LogP contribution in [0, 0.1) is 5.41 Å². The minimum atomic E-state index is -1.18. The van der Waals surface area contributed by atoms with Crippen molar-refractivity contribution in [3.63, 3.8) is 0 Å². The molecule has 0 aliphatic carbocycles. The molecule has 1 aromatic rings. The lowest BCUT2D eigenvalue weighted by molar-refractivity contribution is -0.248. The number of fused-ring (bicyclic) bond motifs is 1. The Labute approximate surface area is 141 Å². The highest BCUT2D eigenvalue weighted by Crippen LogP contribution is 2.64. The van der Waals surface area contributed by atoms with Crippen LogP contribution in [0.4, 0.5) is 0 Å². The summed E-state index contributed by atoms with van der Waals surface area (Å²) in [6.07, 6.45) is 0. The maximum absolute atomic E-state index is 12.8. The van der Waals surface area contributed by atoms with Gasteiger partial charge in [-0.15, -0.1) is 0 Å². The molecule has 6 heteroatoms. The number of β-lactam (4-membered cyclic amide) rings is 1. The van der Waals surface area contributed by atoms with Gasteiger partial charge in [0.05, 0.1) is 13.2 Å². The van der Waals surface area contributed by atoms with Crippen LogP contribution in [0.3, 0.4) is 0 Å². The predicted octanol–water partition coefficient (Wildman–Crippen LogP) is 2.16. The van der Waals surface area contributed by atoms with Crippen LogP contribution in [0.1, 0.15) is 26.3 Å². The van der Waals surface area contributed by atoms with Crippen molar-refractivity contribution in [2.24, 2.45) is 5.41 Å². The Kier molecular flexibility index (Phi) is 3.78. The van der Waals surface area contributed by atoms with Crippen LogP contribution in [-0.4, -0.2) is 37.0 Å². The first-order valence-electron chi connectivity index (χ1n) is 8.02. The van der Waals surface area contributed by atoms with Gasteiger partial charge < -0.3 is 19.1 Å². The van der Waals surface area contributed by atoms with Crippen molar-refractivity contribution >= 4 is 11.9 Å². The van der Waals surface area contributed by atoms with E-state index < -0.39 is 17.1 Å². The molecule has 6 nitrogen and oxygen atoms in total. The van der Waals surface area contributed by atoms with Gasteiger partial charge in [0.2, 0.25) is 11.6 Å². The molecule has 2 aliphatic rings. The van der Waals surface area contributed by atoms with E-state index in [4.69, 9.17) is 14.2 Å². The molecule has 2 atom stereocenters. The molecule has 24 heavy (non-hydrogen) atoms. The van der Waals surface area contributed by atoms with Crippen LogP contribution in [-0.2, 0) is 29.5 Å². The Balaban J connectivity index is 2.17. The molecule has 0 saturated carbocycles. The zero-order valence-corrected chi connectivity index (χ0v) is 14.3. The number of nitrogens with zero attached hydrogens (tertiary/aromatic N) is 1. The Bertz CT molecular complexity index is 713. The van der Waals surface area contributed by atoms with Crippen LogP contribution in [0.15, 0.2) is 41.9 Å². The van der Waals surface area contributed by atoms with Gasteiger partial charge in [-0.2, -0.15) is 0 Å². The van der Waals surface area contributed by atoms with E-state index in [0.29, 0.717) is 6.61 Å². The molecule has 3 rings (SSSR count). The molecular weight excluding hydrogens is 310 g/mol. The lowest BCUT2D eigenvalue weighted by Gasteiger charge is -2.57. The summed E-state index contributed by atoms with van der Waals surface area (Å²) in [5.41, 5.74) is -1.35. The number of carbonyl (C=O) groups is 2. The molecule has 2 heterocycles. The van der Waals surface area contributed by atoms with Crippen molar-refractivity contribution < 1.29 is 23.8 Å². The number of esters is 1. The molecule has 2 aliphatic heterocycles. The van der Waals surface area contributed by atoms with Crippen molar-refractivity contribution in [2.45, 2.75) is 26.5 Å². The number of ether oxygens (including phenoxy) is 3. The van der Waals surface area contributed by atoms with Gasteiger partial charge in [0.25, 0.3) is 5.95 Å². The summed E-state index contributed by atoms with van der Waals surface area (Å²) in [6, 6.07) is 9.37. The highest BCUT2D eigenvalue weighted by molar-refractivity contribution is 6.06. The van der Waals surface area contributed by atoms with Gasteiger partial charge in [-0.1, -0.05) is 30.3 Å². The Morgan fingerprint density at radius 1 is 1.21 bits per heavy atom. The summed E-state index contributed by atoms with van der Waals surface area (Å²) in [6.45, 7) is 5.75. The predicted molar refractivity (Wildman–Crippen MR) is 85.4 cm³/mol. The molecule has 0 bridgehead atoms. The molecule has 0 radical (unpaired) electrons. The molecule has 1 saturated heterocycles. The van der Waals surface area contributed by atoms with E-state index in [9.17, 15) is 9.59 Å². The normalized spacial score (nSPS) is 28.2. The maximum atomic E-state index is 12.8. The molecule has 0 N–H and O–H groups in total. The zero-order chi connectivity index (χ0) is 17.5. The van der Waals surface area contributed by atoms with Crippen molar-refractivity contribution in [2.75, 3.05) is 20.3 Å². The first-order chi connectivity index (χ1) is 11.4. The average molecular weight is 331 g/mol. The van der Waals surface area contributed by atoms with Gasteiger partial charge >= 0.3 is 5.97 Å². The standard InChI is InChI=1S/C18H21NO5/c1-5-22-14(20)13-15(23-6-2)24-18(12-10-8-7-9-11-12)17(13,3)16(21)19(18)4/h7-11H,5-6H2,1-4H3. The number of rotatable bonds is 5. The first kappa shape index (κ1) is 16.4. The number of likely N-dealkylation sites (tertiary alicyclic amines) is 1. The quantitative estimate of drug-likeness (QED) is 0.611. The van der Waals surface area contributed by atoms with Gasteiger partial charge in [0.15, 0.2) is 0 Å². The van der Waals surface area contributed by atoms with E-state index in [1.54, 1.807) is 27.8 Å². The summed E-state index contributed by atoms with van der Waals surface area (Å²) in [7, 11) is 1.66. The van der Waals surface area contributed by atoms with Crippen LogP contribution in [0.25, 0.3) is 0 Å². The second-order valence-corrected chi connectivity index (χ2v) is 5.92. The smallest absolute Gasteiger partial charge is 0.342 e. The maximum Gasteiger partial charge on any atom is 0.342 e. The third-order valence-electron chi connectivity index (χ3n) is 4.75. The number of carbonyl (C=O) groups excluding carboxylic acids is 2. The molecule has 1 aromatic carbocycles. The van der Waals surface area contributed by atoms with Gasteiger partial charge in [0.1, 0.15) is 11.0 Å². The van der Waals surface area contributed by atoms with E-state index in [1.807, 2.05) is 30.3 Å². The topological polar surface area (TPSA) is 65.1 Å². The minimum Gasteiger partial charge on any atom is -0.465 e. The molecular formula is C18H21NO5. The van der Waals surface area contributed by atoms with Crippen molar-refractivity contribution in [3.05, 3.63) is 47.4 Å². The molecule has 0 aromatic heterocycles. The molecule has 1 fully saturated rings. The van der Waals surface area contributed by atoms with Crippen LogP contribution in [0.5, 0.6) is 0 Å². The number of amides is 1. The minimum absolute atomic E-state index is 0.0694. The molecule has 128 valence electrons. The number of benzene rings is 1. The summed E-state index contributed by atoms with van der Waals surface area (Å²) in [5.74, 6) is -0.716. The largest absolute Gasteiger partial charge is 0.465 e. The Morgan fingerprint density at radius 3 is 2.46 bits per heavy atom. The zero-order valence-electron chi connectivity index (χ0n) is 14.3. The lowest BCUT2D eigenvalue weighted by Crippen LogP contribution is -2.73. The summed E-state index contributed by atoms with van der Waals surface area (Å²) < 4.78 is 16.8. The van der Waals surface area contributed by atoms with E-state index in [0.717, 1.165) is 5.56 Å². The van der Waals surface area contributed by atoms with Gasteiger partial charge in [-0.3, -0.25) is 4.79 Å². The van der Waals surface area contributed by atoms with Crippen molar-refractivity contribution in [1.29, 1.82) is 0 Å².